The number of fused-ring (bicyclic) bond motifs is 1. The van der Waals surface area contributed by atoms with Crippen molar-refractivity contribution in [1.29, 1.82) is 0 Å². The number of benzene rings is 2. The molecule has 0 spiro atoms. The van der Waals surface area contributed by atoms with E-state index in [-0.39, 0.29) is 11.4 Å². The SMILES string of the molecule is O=C(O)c1ccc(Cc2cn(CC3CCNCC3)c3cc(F)ccc23)cc1. The van der Waals surface area contributed by atoms with Crippen molar-refractivity contribution in [3.8, 4) is 0 Å². The van der Waals surface area contributed by atoms with Gasteiger partial charge in [0.15, 0.2) is 0 Å². The number of nitrogens with one attached hydrogen (secondary N) is 1. The van der Waals surface area contributed by atoms with Gasteiger partial charge in [-0.15, -0.1) is 0 Å². The summed E-state index contributed by atoms with van der Waals surface area (Å²) in [5.74, 6) is -0.534. The zero-order valence-electron chi connectivity index (χ0n) is 15.1. The lowest BCUT2D eigenvalue weighted by Gasteiger charge is -2.23. The Kier molecular flexibility index (Phi) is 4.94. The molecule has 0 aliphatic carbocycles. The number of hydrogen-bond donors (Lipinski definition) is 2. The van der Waals surface area contributed by atoms with E-state index in [0.717, 1.165) is 54.5 Å². The Bertz CT molecular complexity index is 956. The van der Waals surface area contributed by atoms with Crippen LogP contribution in [0.25, 0.3) is 10.9 Å². The first kappa shape index (κ1) is 17.7. The Morgan fingerprint density at radius 3 is 2.59 bits per heavy atom. The molecule has 1 aliphatic rings. The number of rotatable bonds is 5. The minimum Gasteiger partial charge on any atom is -0.478 e. The van der Waals surface area contributed by atoms with Crippen molar-refractivity contribution in [2.75, 3.05) is 13.1 Å². The van der Waals surface area contributed by atoms with E-state index in [1.54, 1.807) is 18.2 Å². The Labute approximate surface area is 157 Å². The molecule has 1 saturated heterocycles. The molecule has 1 aliphatic heterocycles. The summed E-state index contributed by atoms with van der Waals surface area (Å²) < 4.78 is 16.1. The first-order valence-corrected chi connectivity index (χ1v) is 9.40. The molecule has 27 heavy (non-hydrogen) atoms. The van der Waals surface area contributed by atoms with Gasteiger partial charge in [-0.25, -0.2) is 9.18 Å². The second kappa shape index (κ2) is 7.53. The smallest absolute Gasteiger partial charge is 0.335 e. The lowest BCUT2D eigenvalue weighted by Crippen LogP contribution is -2.29. The maximum absolute atomic E-state index is 13.9. The summed E-state index contributed by atoms with van der Waals surface area (Å²) in [6, 6.07) is 11.9. The Morgan fingerprint density at radius 2 is 1.89 bits per heavy atom. The van der Waals surface area contributed by atoms with Gasteiger partial charge < -0.3 is 15.0 Å². The van der Waals surface area contributed by atoms with Crippen molar-refractivity contribution in [3.05, 3.63) is 71.2 Å². The van der Waals surface area contributed by atoms with Crippen LogP contribution in [0, 0.1) is 11.7 Å². The maximum Gasteiger partial charge on any atom is 0.335 e. The molecule has 5 heteroatoms. The Morgan fingerprint density at radius 1 is 1.15 bits per heavy atom. The zero-order valence-corrected chi connectivity index (χ0v) is 15.1. The Hall–Kier alpha value is -2.66. The van der Waals surface area contributed by atoms with Gasteiger partial charge in [0.25, 0.3) is 0 Å². The van der Waals surface area contributed by atoms with Crippen LogP contribution in [-0.4, -0.2) is 28.7 Å². The van der Waals surface area contributed by atoms with Crippen molar-refractivity contribution in [3.63, 3.8) is 0 Å². The van der Waals surface area contributed by atoms with Crippen LogP contribution in [0.2, 0.25) is 0 Å². The van der Waals surface area contributed by atoms with Gasteiger partial charge in [-0.3, -0.25) is 0 Å². The summed E-state index contributed by atoms with van der Waals surface area (Å²) in [5, 5.41) is 13.5. The fraction of sp³-hybridized carbons (Fsp3) is 0.318. The summed E-state index contributed by atoms with van der Waals surface area (Å²) in [4.78, 5) is 11.0. The van der Waals surface area contributed by atoms with Crippen molar-refractivity contribution in [2.45, 2.75) is 25.8 Å². The van der Waals surface area contributed by atoms with Crippen LogP contribution in [-0.2, 0) is 13.0 Å². The highest BCUT2D eigenvalue weighted by Gasteiger charge is 2.17. The van der Waals surface area contributed by atoms with Crippen LogP contribution < -0.4 is 5.32 Å². The van der Waals surface area contributed by atoms with E-state index in [0.29, 0.717) is 12.3 Å². The highest BCUT2D eigenvalue weighted by molar-refractivity contribution is 5.87. The highest BCUT2D eigenvalue weighted by Crippen LogP contribution is 2.27. The van der Waals surface area contributed by atoms with Crippen molar-refractivity contribution in [1.82, 2.24) is 9.88 Å². The first-order valence-electron chi connectivity index (χ1n) is 9.40. The molecular weight excluding hydrogens is 343 g/mol. The van der Waals surface area contributed by atoms with Crippen LogP contribution in [0.15, 0.2) is 48.7 Å². The van der Waals surface area contributed by atoms with E-state index in [1.165, 1.54) is 6.07 Å². The molecule has 2 N–H and O–H groups in total. The number of carboxylic acid groups (broad SMARTS) is 1. The fourth-order valence-corrected chi connectivity index (χ4v) is 3.96. The largest absolute Gasteiger partial charge is 0.478 e. The lowest BCUT2D eigenvalue weighted by atomic mass is 9.98. The van der Waals surface area contributed by atoms with Crippen LogP contribution in [0.1, 0.15) is 34.3 Å². The van der Waals surface area contributed by atoms with E-state index in [4.69, 9.17) is 5.11 Å². The second-order valence-corrected chi connectivity index (χ2v) is 7.34. The zero-order chi connectivity index (χ0) is 18.8. The van der Waals surface area contributed by atoms with E-state index in [1.807, 2.05) is 18.2 Å². The van der Waals surface area contributed by atoms with Crippen LogP contribution in [0.3, 0.4) is 0 Å². The third kappa shape index (κ3) is 3.88. The molecule has 0 saturated carbocycles. The standard InChI is InChI=1S/C22H23FN2O2/c23-19-5-6-20-18(11-15-1-3-17(4-2-15)22(26)27)14-25(21(20)12-19)13-16-7-9-24-10-8-16/h1-6,12,14,16,24H,7-11,13H2,(H,26,27). The number of piperidine rings is 1. The average molecular weight is 366 g/mol. The quantitative estimate of drug-likeness (QED) is 0.716. The van der Waals surface area contributed by atoms with E-state index < -0.39 is 5.97 Å². The molecule has 0 amide bonds. The second-order valence-electron chi connectivity index (χ2n) is 7.34. The van der Waals surface area contributed by atoms with E-state index >= 15 is 0 Å². The third-order valence-corrected chi connectivity index (χ3v) is 5.44. The molecule has 1 fully saturated rings. The predicted molar refractivity (Wildman–Crippen MR) is 104 cm³/mol. The fourth-order valence-electron chi connectivity index (χ4n) is 3.96. The molecule has 0 radical (unpaired) electrons. The lowest BCUT2D eigenvalue weighted by molar-refractivity contribution is 0.0697. The minimum atomic E-state index is -0.921. The molecule has 3 aromatic rings. The summed E-state index contributed by atoms with van der Waals surface area (Å²) in [6.45, 7) is 2.99. The minimum absolute atomic E-state index is 0.218. The number of aromatic carboxylic acids is 1. The molecule has 1 aromatic heterocycles. The van der Waals surface area contributed by atoms with Gasteiger partial charge in [-0.1, -0.05) is 12.1 Å². The molecule has 140 valence electrons. The summed E-state index contributed by atoms with van der Waals surface area (Å²) in [6.07, 6.45) is 5.11. The molecule has 0 unspecified atom stereocenters. The Balaban J connectivity index is 1.64. The number of hydrogen-bond acceptors (Lipinski definition) is 2. The van der Waals surface area contributed by atoms with Crippen LogP contribution >= 0.6 is 0 Å². The summed E-state index contributed by atoms with van der Waals surface area (Å²) in [5.41, 5.74) is 3.41. The topological polar surface area (TPSA) is 54.3 Å². The van der Waals surface area contributed by atoms with Gasteiger partial charge in [0.2, 0.25) is 0 Å². The molecule has 2 heterocycles. The van der Waals surface area contributed by atoms with Gasteiger partial charge in [0.05, 0.1) is 11.1 Å². The third-order valence-electron chi connectivity index (χ3n) is 5.44. The molecule has 4 nitrogen and oxygen atoms in total. The van der Waals surface area contributed by atoms with Crippen molar-refractivity contribution < 1.29 is 14.3 Å². The van der Waals surface area contributed by atoms with Crippen LogP contribution in [0.5, 0.6) is 0 Å². The monoisotopic (exact) mass is 366 g/mol. The van der Waals surface area contributed by atoms with Gasteiger partial charge in [0, 0.05) is 18.1 Å². The molecule has 4 rings (SSSR count). The predicted octanol–water partition coefficient (Wildman–Crippen LogP) is 4.07. The number of halogens is 1. The molecular formula is C22H23FN2O2. The van der Waals surface area contributed by atoms with Crippen molar-refractivity contribution >= 4 is 16.9 Å². The molecule has 2 aromatic carbocycles. The normalized spacial score (nSPS) is 15.3. The van der Waals surface area contributed by atoms with E-state index in [9.17, 15) is 9.18 Å². The number of aromatic nitrogens is 1. The molecule has 0 bridgehead atoms. The van der Waals surface area contributed by atoms with E-state index in [2.05, 4.69) is 16.1 Å². The maximum atomic E-state index is 13.9. The van der Waals surface area contributed by atoms with Crippen molar-refractivity contribution in [2.24, 2.45) is 5.92 Å². The van der Waals surface area contributed by atoms with Gasteiger partial charge >= 0.3 is 5.97 Å². The summed E-state index contributed by atoms with van der Waals surface area (Å²) in [7, 11) is 0. The molecule has 0 atom stereocenters. The van der Waals surface area contributed by atoms with Gasteiger partial charge in [0.1, 0.15) is 5.82 Å². The number of nitrogens with zero attached hydrogens (tertiary/aromatic N) is 1. The summed E-state index contributed by atoms with van der Waals surface area (Å²) >= 11 is 0. The first-order chi connectivity index (χ1) is 13.1. The van der Waals surface area contributed by atoms with Gasteiger partial charge in [-0.05, 0) is 79.7 Å². The number of carbonyl (C=O) groups is 1. The number of carboxylic acids is 1. The average Bonchev–Trinajstić information content (AvgIpc) is 2.99. The highest BCUT2D eigenvalue weighted by atomic mass is 19.1. The van der Waals surface area contributed by atoms with Crippen LogP contribution in [0.4, 0.5) is 4.39 Å². The van der Waals surface area contributed by atoms with Gasteiger partial charge in [-0.2, -0.15) is 0 Å².